The van der Waals surface area contributed by atoms with Crippen LogP contribution in [0.3, 0.4) is 0 Å². The van der Waals surface area contributed by atoms with Crippen LogP contribution in [0, 0.1) is 31.3 Å². The summed E-state index contributed by atoms with van der Waals surface area (Å²) in [7, 11) is 0. The van der Waals surface area contributed by atoms with E-state index in [0.29, 0.717) is 34.9 Å². The molecule has 34 heavy (non-hydrogen) atoms. The summed E-state index contributed by atoms with van der Waals surface area (Å²) in [5.41, 5.74) is 2.48. The monoisotopic (exact) mass is 463 g/mol. The van der Waals surface area contributed by atoms with E-state index in [1.807, 2.05) is 31.2 Å². The quantitative estimate of drug-likeness (QED) is 0.295. The molecular formula is C25H20F3N5O. The van der Waals surface area contributed by atoms with Gasteiger partial charge in [-0.25, -0.2) is 23.1 Å². The molecule has 0 aliphatic heterocycles. The maximum Gasteiger partial charge on any atom is 0.258 e. The van der Waals surface area contributed by atoms with Gasteiger partial charge in [-0.15, -0.1) is 0 Å². The number of nitrogens with zero attached hydrogens (tertiary/aromatic N) is 2. The fourth-order valence-electron chi connectivity index (χ4n) is 3.17. The lowest BCUT2D eigenvalue weighted by Crippen LogP contribution is -2.15. The average molecular weight is 463 g/mol. The van der Waals surface area contributed by atoms with Crippen LogP contribution < -0.4 is 16.0 Å². The van der Waals surface area contributed by atoms with E-state index in [4.69, 9.17) is 0 Å². The van der Waals surface area contributed by atoms with Crippen molar-refractivity contribution in [2.45, 2.75) is 13.8 Å². The van der Waals surface area contributed by atoms with Gasteiger partial charge in [0.15, 0.2) is 17.5 Å². The molecule has 4 rings (SSSR count). The molecule has 0 aliphatic rings. The van der Waals surface area contributed by atoms with E-state index in [-0.39, 0.29) is 0 Å². The Morgan fingerprint density at radius 2 is 1.24 bits per heavy atom. The Balaban J connectivity index is 1.44. The summed E-state index contributed by atoms with van der Waals surface area (Å²) in [5.74, 6) is -3.73. The maximum absolute atomic E-state index is 13.8. The lowest BCUT2D eigenvalue weighted by atomic mass is 10.1. The van der Waals surface area contributed by atoms with Crippen LogP contribution in [0.5, 0.6) is 0 Å². The summed E-state index contributed by atoms with van der Waals surface area (Å²) in [6.07, 6.45) is 0. The number of carbonyl (C=O) groups is 1. The lowest BCUT2D eigenvalue weighted by molar-refractivity contribution is 0.102. The van der Waals surface area contributed by atoms with E-state index in [1.165, 1.54) is 0 Å². The molecule has 172 valence electrons. The summed E-state index contributed by atoms with van der Waals surface area (Å²) in [6, 6.07) is 17.8. The average Bonchev–Trinajstić information content (AvgIpc) is 2.80. The molecular weight excluding hydrogens is 443 g/mol. The zero-order valence-corrected chi connectivity index (χ0v) is 18.3. The standard InChI is InChI=1S/C25H20F3N5O/c1-14-3-5-16(6-4-14)31-21-13-22(30-15(2)29-21)32-17-7-9-18(10-8-17)33-25(34)19-11-12-20(26)24(28)23(19)27/h3-13H,1-2H3,(H,33,34)(H2,29,30,31,32). The first-order valence-corrected chi connectivity index (χ1v) is 10.3. The van der Waals surface area contributed by atoms with Crippen LogP contribution in [-0.4, -0.2) is 15.9 Å². The normalized spacial score (nSPS) is 10.6. The van der Waals surface area contributed by atoms with Gasteiger partial charge in [-0.1, -0.05) is 17.7 Å². The predicted octanol–water partition coefficient (Wildman–Crippen LogP) is 6.25. The molecule has 0 atom stereocenters. The van der Waals surface area contributed by atoms with Gasteiger partial charge in [0.2, 0.25) is 0 Å². The van der Waals surface area contributed by atoms with E-state index in [9.17, 15) is 18.0 Å². The molecule has 0 unspecified atom stereocenters. The highest BCUT2D eigenvalue weighted by Gasteiger charge is 2.18. The summed E-state index contributed by atoms with van der Waals surface area (Å²) < 4.78 is 40.3. The van der Waals surface area contributed by atoms with Gasteiger partial charge in [-0.3, -0.25) is 4.79 Å². The number of anilines is 5. The van der Waals surface area contributed by atoms with E-state index < -0.39 is 28.9 Å². The van der Waals surface area contributed by atoms with E-state index in [0.717, 1.165) is 17.3 Å². The Morgan fingerprint density at radius 1 is 0.706 bits per heavy atom. The Labute approximate surface area is 193 Å². The van der Waals surface area contributed by atoms with Gasteiger partial charge >= 0.3 is 0 Å². The molecule has 4 aromatic rings. The molecule has 3 N–H and O–H groups in total. The number of aromatic nitrogens is 2. The Morgan fingerprint density at radius 3 is 1.82 bits per heavy atom. The van der Waals surface area contributed by atoms with Crippen LogP contribution in [0.1, 0.15) is 21.7 Å². The van der Waals surface area contributed by atoms with Crippen molar-refractivity contribution in [1.29, 1.82) is 0 Å². The van der Waals surface area contributed by atoms with Crippen LogP contribution in [0.2, 0.25) is 0 Å². The number of rotatable bonds is 6. The third-order valence-corrected chi connectivity index (χ3v) is 4.86. The number of nitrogens with one attached hydrogen (secondary N) is 3. The van der Waals surface area contributed by atoms with Crippen LogP contribution in [0.4, 0.5) is 41.9 Å². The van der Waals surface area contributed by atoms with Crippen LogP contribution in [-0.2, 0) is 0 Å². The Bertz CT molecular complexity index is 1340. The maximum atomic E-state index is 13.8. The summed E-state index contributed by atoms with van der Waals surface area (Å²) in [4.78, 5) is 21.0. The van der Waals surface area contributed by atoms with Gasteiger partial charge < -0.3 is 16.0 Å². The van der Waals surface area contributed by atoms with Gasteiger partial charge in [0.05, 0.1) is 5.56 Å². The second-order valence-corrected chi connectivity index (χ2v) is 7.56. The minimum absolute atomic E-state index is 0.347. The summed E-state index contributed by atoms with van der Waals surface area (Å²) in [6.45, 7) is 3.79. The molecule has 0 spiro atoms. The second-order valence-electron chi connectivity index (χ2n) is 7.56. The Kier molecular flexibility index (Phi) is 6.44. The highest BCUT2D eigenvalue weighted by Crippen LogP contribution is 2.23. The topological polar surface area (TPSA) is 78.9 Å². The van der Waals surface area contributed by atoms with Gasteiger partial charge in [0.25, 0.3) is 5.91 Å². The van der Waals surface area contributed by atoms with Crippen molar-refractivity contribution in [3.8, 4) is 0 Å². The van der Waals surface area contributed by atoms with Crippen molar-refractivity contribution < 1.29 is 18.0 Å². The molecule has 9 heteroatoms. The summed E-state index contributed by atoms with van der Waals surface area (Å²) >= 11 is 0. The molecule has 1 amide bonds. The SMILES string of the molecule is Cc1ccc(Nc2cc(Nc3ccc(NC(=O)c4ccc(F)c(F)c4F)cc3)nc(C)n2)cc1. The van der Waals surface area contributed by atoms with Gasteiger partial charge in [0.1, 0.15) is 17.5 Å². The van der Waals surface area contributed by atoms with Crippen LogP contribution >= 0.6 is 0 Å². The minimum Gasteiger partial charge on any atom is -0.340 e. The molecule has 6 nitrogen and oxygen atoms in total. The third kappa shape index (κ3) is 5.32. The van der Waals surface area contributed by atoms with E-state index in [1.54, 1.807) is 37.3 Å². The number of amides is 1. The molecule has 3 aromatic carbocycles. The minimum atomic E-state index is -1.69. The number of carbonyl (C=O) groups excluding carboxylic acids is 1. The van der Waals surface area contributed by atoms with Crippen molar-refractivity contribution in [3.05, 3.63) is 101 Å². The fraction of sp³-hybridized carbons (Fsp3) is 0.0800. The molecule has 0 fully saturated rings. The molecule has 0 aliphatic carbocycles. The van der Waals surface area contributed by atoms with Crippen molar-refractivity contribution in [1.82, 2.24) is 9.97 Å². The first-order chi connectivity index (χ1) is 16.3. The first-order valence-electron chi connectivity index (χ1n) is 10.3. The van der Waals surface area contributed by atoms with Crippen LogP contribution in [0.15, 0.2) is 66.7 Å². The van der Waals surface area contributed by atoms with E-state index in [2.05, 4.69) is 25.9 Å². The highest BCUT2D eigenvalue weighted by molar-refractivity contribution is 6.04. The van der Waals surface area contributed by atoms with Gasteiger partial charge in [-0.05, 0) is 62.4 Å². The number of benzene rings is 3. The van der Waals surface area contributed by atoms with Crippen molar-refractivity contribution >= 4 is 34.6 Å². The lowest BCUT2D eigenvalue weighted by Gasteiger charge is -2.11. The smallest absolute Gasteiger partial charge is 0.258 e. The van der Waals surface area contributed by atoms with Crippen molar-refractivity contribution in [3.63, 3.8) is 0 Å². The zero-order chi connectivity index (χ0) is 24.2. The number of halogens is 3. The molecule has 1 aromatic heterocycles. The molecule has 0 saturated heterocycles. The van der Waals surface area contributed by atoms with Crippen LogP contribution in [0.25, 0.3) is 0 Å². The second kappa shape index (κ2) is 9.62. The Hall–Kier alpha value is -4.40. The molecule has 0 radical (unpaired) electrons. The van der Waals surface area contributed by atoms with Gasteiger partial charge in [0, 0.05) is 23.1 Å². The number of aryl methyl sites for hydroxylation is 2. The van der Waals surface area contributed by atoms with Crippen molar-refractivity contribution in [2.24, 2.45) is 0 Å². The third-order valence-electron chi connectivity index (χ3n) is 4.86. The highest BCUT2D eigenvalue weighted by atomic mass is 19.2. The number of hydrogen-bond donors (Lipinski definition) is 3. The first kappa shape index (κ1) is 22.8. The molecule has 0 saturated carbocycles. The van der Waals surface area contributed by atoms with Crippen molar-refractivity contribution in [2.75, 3.05) is 16.0 Å². The summed E-state index contributed by atoms with van der Waals surface area (Å²) in [5, 5.41) is 8.85. The molecule has 1 heterocycles. The predicted molar refractivity (Wildman–Crippen MR) is 125 cm³/mol. The largest absolute Gasteiger partial charge is 0.340 e. The molecule has 0 bridgehead atoms. The van der Waals surface area contributed by atoms with E-state index >= 15 is 0 Å². The zero-order valence-electron chi connectivity index (χ0n) is 18.3. The van der Waals surface area contributed by atoms with Gasteiger partial charge in [-0.2, -0.15) is 0 Å². The number of hydrogen-bond acceptors (Lipinski definition) is 5. The fourth-order valence-corrected chi connectivity index (χ4v) is 3.17.